The number of aromatic nitrogens is 2. The van der Waals surface area contributed by atoms with Gasteiger partial charge in [-0.05, 0) is 62.4 Å². The second kappa shape index (κ2) is 14.0. The number of halogens is 1. The number of nitrogens with one attached hydrogen (secondary N) is 3. The van der Waals surface area contributed by atoms with Crippen molar-refractivity contribution in [2.75, 3.05) is 50.3 Å². The molecule has 2 aromatic carbocycles. The normalized spacial score (nSPS) is 17.9. The zero-order valence-electron chi connectivity index (χ0n) is 26.1. The molecule has 2 saturated heterocycles. The van der Waals surface area contributed by atoms with Crippen molar-refractivity contribution in [2.45, 2.75) is 44.7 Å². The van der Waals surface area contributed by atoms with Gasteiger partial charge in [0, 0.05) is 62.1 Å². The molecule has 2 aliphatic heterocycles. The standard InChI is InChI=1S/C35H42FN9/c1-24(27(21-37)20-35(2,3)45-16-13-40-14-17-45)44-15-7-10-28(22-44)43-34-31(33(39)41-23-42-34)32(38)29-12-11-26(19-30(29)36)18-25-8-5-4-6-9-25/h4-6,8-9,11-12,19-20,23,28,38,40H,1,7,10,13-18,22H2,2-3H3,(H3,39,41,42,43)/b27-20+,38-32?. The summed E-state index contributed by atoms with van der Waals surface area (Å²) in [5, 5.41) is 25.9. The minimum absolute atomic E-state index is 0.0597. The van der Waals surface area contributed by atoms with E-state index in [4.69, 9.17) is 11.1 Å². The van der Waals surface area contributed by atoms with E-state index < -0.39 is 5.82 Å². The quantitative estimate of drug-likeness (QED) is 0.148. The molecule has 234 valence electrons. The summed E-state index contributed by atoms with van der Waals surface area (Å²) >= 11 is 0. The summed E-state index contributed by atoms with van der Waals surface area (Å²) in [5.74, 6) is -0.0110. The molecule has 3 heterocycles. The summed E-state index contributed by atoms with van der Waals surface area (Å²) in [6, 6.07) is 17.1. The van der Waals surface area contributed by atoms with Crippen molar-refractivity contribution in [1.29, 1.82) is 10.7 Å². The second-order valence-electron chi connectivity index (χ2n) is 12.3. The molecule has 1 atom stereocenters. The average Bonchev–Trinajstić information content (AvgIpc) is 3.04. The fourth-order valence-electron chi connectivity index (χ4n) is 6.16. The van der Waals surface area contributed by atoms with Crippen LogP contribution in [0.3, 0.4) is 0 Å². The van der Waals surface area contributed by atoms with Crippen LogP contribution in [0.25, 0.3) is 0 Å². The highest BCUT2D eigenvalue weighted by Crippen LogP contribution is 2.28. The van der Waals surface area contributed by atoms with Crippen LogP contribution in [0.2, 0.25) is 0 Å². The number of nitrogens with zero attached hydrogens (tertiary/aromatic N) is 5. The molecule has 3 aromatic rings. The lowest BCUT2D eigenvalue weighted by atomic mass is 9.95. The van der Waals surface area contributed by atoms with Gasteiger partial charge in [-0.15, -0.1) is 0 Å². The van der Waals surface area contributed by atoms with Crippen LogP contribution in [0.5, 0.6) is 0 Å². The lowest BCUT2D eigenvalue weighted by Gasteiger charge is -2.40. The smallest absolute Gasteiger partial charge is 0.141 e. The molecule has 9 nitrogen and oxygen atoms in total. The zero-order valence-corrected chi connectivity index (χ0v) is 26.1. The van der Waals surface area contributed by atoms with E-state index in [2.05, 4.69) is 56.9 Å². The summed E-state index contributed by atoms with van der Waals surface area (Å²) in [7, 11) is 0. The molecule has 0 aliphatic carbocycles. The molecule has 0 saturated carbocycles. The Labute approximate surface area is 265 Å². The molecule has 5 rings (SSSR count). The van der Waals surface area contributed by atoms with Gasteiger partial charge in [0.05, 0.1) is 16.8 Å². The minimum atomic E-state index is -0.498. The summed E-state index contributed by atoms with van der Waals surface area (Å²) in [4.78, 5) is 13.1. The van der Waals surface area contributed by atoms with E-state index in [0.717, 1.165) is 56.7 Å². The van der Waals surface area contributed by atoms with E-state index in [0.29, 0.717) is 30.1 Å². The van der Waals surface area contributed by atoms with Crippen molar-refractivity contribution < 1.29 is 4.39 Å². The lowest BCUT2D eigenvalue weighted by Crippen LogP contribution is -2.52. The number of piperidine rings is 1. The topological polar surface area (TPSA) is 130 Å². The monoisotopic (exact) mass is 607 g/mol. The van der Waals surface area contributed by atoms with Gasteiger partial charge in [0.1, 0.15) is 29.8 Å². The van der Waals surface area contributed by atoms with E-state index in [1.165, 1.54) is 12.4 Å². The fraction of sp³-hybridized carbons (Fsp3) is 0.371. The molecule has 1 aromatic heterocycles. The summed E-state index contributed by atoms with van der Waals surface area (Å²) in [5.41, 5.74) is 9.45. The number of likely N-dealkylation sites (tertiary alicyclic amines) is 1. The number of benzene rings is 2. The molecular weight excluding hydrogens is 565 g/mol. The van der Waals surface area contributed by atoms with Crippen LogP contribution in [0.1, 0.15) is 48.9 Å². The van der Waals surface area contributed by atoms with Crippen molar-refractivity contribution in [3.8, 4) is 6.07 Å². The Morgan fingerprint density at radius 2 is 1.93 bits per heavy atom. The Balaban J connectivity index is 1.31. The summed E-state index contributed by atoms with van der Waals surface area (Å²) in [6.45, 7) is 13.7. The van der Waals surface area contributed by atoms with Gasteiger partial charge in [0.25, 0.3) is 0 Å². The second-order valence-corrected chi connectivity index (χ2v) is 12.3. The summed E-state index contributed by atoms with van der Waals surface area (Å²) in [6.07, 6.45) is 5.69. The van der Waals surface area contributed by atoms with Crippen LogP contribution < -0.4 is 16.4 Å². The van der Waals surface area contributed by atoms with Crippen molar-refractivity contribution >= 4 is 17.3 Å². The third kappa shape index (κ3) is 7.56. The first-order valence-corrected chi connectivity index (χ1v) is 15.5. The SMILES string of the molecule is C=C(/C(C#N)=C/C(C)(C)N1CCNCC1)N1CCCC(Nc2ncnc(N)c2C(=N)c2ccc(Cc3ccccc3)cc2F)C1. The largest absolute Gasteiger partial charge is 0.383 e. The van der Waals surface area contributed by atoms with Crippen molar-refractivity contribution in [3.63, 3.8) is 0 Å². The molecule has 5 N–H and O–H groups in total. The van der Waals surface area contributed by atoms with Crippen molar-refractivity contribution in [2.24, 2.45) is 0 Å². The first kappa shape index (κ1) is 31.8. The molecule has 2 aliphatic rings. The number of anilines is 2. The molecule has 10 heteroatoms. The predicted octanol–water partition coefficient (Wildman–Crippen LogP) is 4.73. The number of nitrogens with two attached hydrogens (primary N) is 1. The molecule has 0 radical (unpaired) electrons. The molecule has 1 unspecified atom stereocenters. The van der Waals surface area contributed by atoms with E-state index in [-0.39, 0.29) is 34.2 Å². The van der Waals surface area contributed by atoms with Crippen LogP contribution in [0, 0.1) is 22.6 Å². The Kier molecular flexibility index (Phi) is 9.91. The van der Waals surface area contributed by atoms with E-state index in [9.17, 15) is 5.26 Å². The molecule has 2 fully saturated rings. The van der Waals surface area contributed by atoms with E-state index in [1.54, 1.807) is 6.07 Å². The summed E-state index contributed by atoms with van der Waals surface area (Å²) < 4.78 is 15.4. The maximum Gasteiger partial charge on any atom is 0.141 e. The highest BCUT2D eigenvalue weighted by Gasteiger charge is 2.29. The number of allylic oxidation sites excluding steroid dienone is 1. The molecule has 0 spiro atoms. The molecular formula is C35H42FN9. The van der Waals surface area contributed by atoms with Crippen LogP contribution in [-0.2, 0) is 6.42 Å². The molecule has 0 bridgehead atoms. The molecule has 0 amide bonds. The van der Waals surface area contributed by atoms with Gasteiger partial charge in [-0.2, -0.15) is 5.26 Å². The van der Waals surface area contributed by atoms with Gasteiger partial charge in [-0.1, -0.05) is 43.0 Å². The van der Waals surface area contributed by atoms with Gasteiger partial charge >= 0.3 is 0 Å². The van der Waals surface area contributed by atoms with Crippen LogP contribution in [-0.4, -0.2) is 76.3 Å². The Morgan fingerprint density at radius 3 is 2.64 bits per heavy atom. The highest BCUT2D eigenvalue weighted by atomic mass is 19.1. The number of hydrogen-bond donors (Lipinski definition) is 4. The van der Waals surface area contributed by atoms with E-state index in [1.807, 2.05) is 42.5 Å². The fourth-order valence-corrected chi connectivity index (χ4v) is 6.16. The number of rotatable bonds is 10. The first-order chi connectivity index (χ1) is 21.7. The lowest BCUT2D eigenvalue weighted by molar-refractivity contribution is 0.141. The minimum Gasteiger partial charge on any atom is -0.383 e. The van der Waals surface area contributed by atoms with Crippen LogP contribution in [0.15, 0.2) is 78.8 Å². The van der Waals surface area contributed by atoms with Gasteiger partial charge < -0.3 is 21.3 Å². The van der Waals surface area contributed by atoms with Gasteiger partial charge in [-0.25, -0.2) is 14.4 Å². The predicted molar refractivity (Wildman–Crippen MR) is 178 cm³/mol. The third-order valence-electron chi connectivity index (χ3n) is 8.69. The number of piperazine rings is 1. The average molecular weight is 608 g/mol. The maximum atomic E-state index is 15.4. The van der Waals surface area contributed by atoms with Crippen LogP contribution in [0.4, 0.5) is 16.0 Å². The highest BCUT2D eigenvalue weighted by molar-refractivity contribution is 6.16. The Bertz CT molecular complexity index is 1600. The maximum absolute atomic E-state index is 15.4. The zero-order chi connectivity index (χ0) is 32.0. The van der Waals surface area contributed by atoms with Crippen molar-refractivity contribution in [3.05, 3.63) is 107 Å². The molecule has 45 heavy (non-hydrogen) atoms. The number of hydrogen-bond acceptors (Lipinski definition) is 9. The van der Waals surface area contributed by atoms with Gasteiger partial charge in [0.15, 0.2) is 0 Å². The first-order valence-electron chi connectivity index (χ1n) is 15.5. The van der Waals surface area contributed by atoms with Crippen LogP contribution >= 0.6 is 0 Å². The van der Waals surface area contributed by atoms with Gasteiger partial charge in [-0.3, -0.25) is 10.3 Å². The number of nitriles is 1. The van der Waals surface area contributed by atoms with Crippen molar-refractivity contribution in [1.82, 2.24) is 25.1 Å². The third-order valence-corrected chi connectivity index (χ3v) is 8.69. The van der Waals surface area contributed by atoms with Gasteiger partial charge in [0.2, 0.25) is 0 Å². The Hall–Kier alpha value is -4.59. The Morgan fingerprint density at radius 1 is 1.18 bits per heavy atom. The van der Waals surface area contributed by atoms with E-state index >= 15 is 4.39 Å². The number of nitrogen functional groups attached to an aromatic ring is 1.